The van der Waals surface area contributed by atoms with Crippen molar-refractivity contribution in [2.24, 2.45) is 0 Å². The third kappa shape index (κ3) is 4.17. The fraction of sp³-hybridized carbons (Fsp3) is 0.111. The molecule has 4 rings (SSSR count). The highest BCUT2D eigenvalue weighted by atomic mass is 16.5. The first-order valence-corrected chi connectivity index (χ1v) is 10.5. The molecule has 3 aromatic rings. The van der Waals surface area contributed by atoms with Gasteiger partial charge in [0.25, 0.3) is 11.7 Å². The number of anilines is 1. The molecule has 7 nitrogen and oxygen atoms in total. The van der Waals surface area contributed by atoms with Gasteiger partial charge in [-0.25, -0.2) is 0 Å². The van der Waals surface area contributed by atoms with Gasteiger partial charge in [0.05, 0.1) is 23.2 Å². The average molecular weight is 452 g/mol. The van der Waals surface area contributed by atoms with Crippen LogP contribution in [0.2, 0.25) is 0 Å². The van der Waals surface area contributed by atoms with Crippen molar-refractivity contribution in [3.05, 3.63) is 101 Å². The number of rotatable bonds is 4. The largest absolute Gasteiger partial charge is 0.507 e. The summed E-state index contributed by atoms with van der Waals surface area (Å²) in [5, 5.41) is 20.2. The van der Waals surface area contributed by atoms with E-state index in [4.69, 9.17) is 10.00 Å². The van der Waals surface area contributed by atoms with Crippen LogP contribution >= 0.6 is 0 Å². The molecule has 7 heteroatoms. The molecule has 1 amide bonds. The van der Waals surface area contributed by atoms with E-state index in [1.807, 2.05) is 13.0 Å². The monoisotopic (exact) mass is 452 g/mol. The van der Waals surface area contributed by atoms with Crippen molar-refractivity contribution in [1.82, 2.24) is 0 Å². The van der Waals surface area contributed by atoms with Crippen LogP contribution in [0.4, 0.5) is 5.69 Å². The summed E-state index contributed by atoms with van der Waals surface area (Å²) in [6.07, 6.45) is 0. The molecule has 1 unspecified atom stereocenters. The number of nitrogens with zero attached hydrogens (tertiary/aromatic N) is 2. The number of benzene rings is 3. The lowest BCUT2D eigenvalue weighted by Gasteiger charge is -2.25. The number of nitriles is 1. The lowest BCUT2D eigenvalue weighted by molar-refractivity contribution is -0.132. The number of Topliss-reactive ketones (excluding diaryl/α,β-unsaturated/α-hetero) is 1. The number of carbonyl (C=O) groups excluding carboxylic acids is 3. The Morgan fingerprint density at radius 3 is 2.15 bits per heavy atom. The Hall–Kier alpha value is -4.70. The molecule has 1 aliphatic rings. The predicted molar refractivity (Wildman–Crippen MR) is 125 cm³/mol. The van der Waals surface area contributed by atoms with Gasteiger partial charge in [0.2, 0.25) is 0 Å². The van der Waals surface area contributed by atoms with Crippen LogP contribution in [-0.2, 0) is 14.4 Å². The van der Waals surface area contributed by atoms with Gasteiger partial charge in [-0.05, 0) is 48.9 Å². The van der Waals surface area contributed by atoms with Crippen molar-refractivity contribution in [1.29, 1.82) is 5.26 Å². The normalized spacial score (nSPS) is 16.9. The van der Waals surface area contributed by atoms with E-state index >= 15 is 0 Å². The topological polar surface area (TPSA) is 108 Å². The quantitative estimate of drug-likeness (QED) is 0.206. The van der Waals surface area contributed by atoms with Crippen molar-refractivity contribution in [3.8, 4) is 11.8 Å². The number of aliphatic hydroxyl groups is 1. The second-order valence-electron chi connectivity index (χ2n) is 7.86. The molecule has 1 aliphatic heterocycles. The molecule has 0 spiro atoms. The van der Waals surface area contributed by atoms with Crippen LogP contribution in [0.1, 0.15) is 35.2 Å². The summed E-state index contributed by atoms with van der Waals surface area (Å²) in [4.78, 5) is 38.9. The Bertz CT molecular complexity index is 1350. The molecule has 0 aromatic heterocycles. The minimum Gasteiger partial charge on any atom is -0.507 e. The third-order valence-corrected chi connectivity index (χ3v) is 5.50. The summed E-state index contributed by atoms with van der Waals surface area (Å²) in [6.45, 7) is 3.19. The van der Waals surface area contributed by atoms with Crippen molar-refractivity contribution in [2.45, 2.75) is 19.9 Å². The summed E-state index contributed by atoms with van der Waals surface area (Å²) in [5.41, 5.74) is 2.67. The Morgan fingerprint density at radius 2 is 1.59 bits per heavy atom. The number of hydrogen-bond acceptors (Lipinski definition) is 6. The van der Waals surface area contributed by atoms with E-state index in [0.717, 1.165) is 5.56 Å². The standard InChI is InChI=1S/C27H20N2O5/c1-16-3-7-20(8-4-16)25(31)23-24(19-9-13-22(14-10-19)34-17(2)30)29(27(33)26(23)32)21-11-5-18(15-28)6-12-21/h3-14,24,31H,1-2H3/b25-23+. The maximum Gasteiger partial charge on any atom is 0.308 e. The Kier molecular flexibility index (Phi) is 5.98. The van der Waals surface area contributed by atoms with Gasteiger partial charge in [0.15, 0.2) is 0 Å². The average Bonchev–Trinajstić information content (AvgIpc) is 3.09. The van der Waals surface area contributed by atoms with Crippen LogP contribution in [0.25, 0.3) is 5.76 Å². The zero-order valence-corrected chi connectivity index (χ0v) is 18.5. The Labute approximate surface area is 196 Å². The van der Waals surface area contributed by atoms with Gasteiger partial charge in [-0.3, -0.25) is 19.3 Å². The maximum absolute atomic E-state index is 13.2. The van der Waals surface area contributed by atoms with Crippen LogP contribution < -0.4 is 9.64 Å². The molecule has 1 atom stereocenters. The van der Waals surface area contributed by atoms with E-state index in [1.54, 1.807) is 72.8 Å². The fourth-order valence-corrected chi connectivity index (χ4v) is 3.86. The van der Waals surface area contributed by atoms with Crippen molar-refractivity contribution in [3.63, 3.8) is 0 Å². The number of amides is 1. The van der Waals surface area contributed by atoms with Gasteiger partial charge in [0.1, 0.15) is 11.5 Å². The molecule has 3 aromatic carbocycles. The molecule has 168 valence electrons. The van der Waals surface area contributed by atoms with Gasteiger partial charge in [-0.15, -0.1) is 0 Å². The molecule has 1 N–H and O–H groups in total. The highest BCUT2D eigenvalue weighted by Gasteiger charge is 2.47. The van der Waals surface area contributed by atoms with E-state index in [9.17, 15) is 19.5 Å². The van der Waals surface area contributed by atoms with E-state index in [-0.39, 0.29) is 11.3 Å². The van der Waals surface area contributed by atoms with Gasteiger partial charge in [0, 0.05) is 18.2 Å². The first-order valence-electron chi connectivity index (χ1n) is 10.5. The summed E-state index contributed by atoms with van der Waals surface area (Å²) >= 11 is 0. The SMILES string of the molecule is CC(=O)Oc1ccc(C2/C(=C(\O)c3ccc(C)cc3)C(=O)C(=O)N2c2ccc(C#N)cc2)cc1. The molecule has 0 saturated carbocycles. The fourth-order valence-electron chi connectivity index (χ4n) is 3.86. The summed E-state index contributed by atoms with van der Waals surface area (Å²) in [7, 11) is 0. The van der Waals surface area contributed by atoms with Crippen molar-refractivity contribution >= 4 is 29.1 Å². The lowest BCUT2D eigenvalue weighted by atomic mass is 9.94. The second kappa shape index (κ2) is 9.04. The van der Waals surface area contributed by atoms with E-state index < -0.39 is 23.7 Å². The molecule has 1 fully saturated rings. The molecule has 0 aliphatic carbocycles. The molecule has 1 heterocycles. The Morgan fingerprint density at radius 1 is 0.971 bits per heavy atom. The van der Waals surface area contributed by atoms with Crippen LogP contribution in [0, 0.1) is 18.3 Å². The molecule has 0 bridgehead atoms. The molecule has 0 radical (unpaired) electrons. The Balaban J connectivity index is 1.89. The minimum atomic E-state index is -0.930. The summed E-state index contributed by atoms with van der Waals surface area (Å²) < 4.78 is 5.09. The van der Waals surface area contributed by atoms with E-state index in [0.29, 0.717) is 28.1 Å². The maximum atomic E-state index is 13.2. The van der Waals surface area contributed by atoms with Crippen LogP contribution in [0.3, 0.4) is 0 Å². The third-order valence-electron chi connectivity index (χ3n) is 5.50. The number of carbonyl (C=O) groups is 3. The first-order chi connectivity index (χ1) is 16.3. The zero-order chi connectivity index (χ0) is 24.4. The van der Waals surface area contributed by atoms with Gasteiger partial charge < -0.3 is 9.84 Å². The summed E-state index contributed by atoms with van der Waals surface area (Å²) in [6, 6.07) is 20.7. The van der Waals surface area contributed by atoms with E-state index in [1.165, 1.54) is 11.8 Å². The van der Waals surface area contributed by atoms with Gasteiger partial charge >= 0.3 is 5.97 Å². The first kappa shape index (κ1) is 22.5. The van der Waals surface area contributed by atoms with Crippen molar-refractivity contribution in [2.75, 3.05) is 4.90 Å². The number of esters is 1. The highest BCUT2D eigenvalue weighted by molar-refractivity contribution is 6.51. The second-order valence-corrected chi connectivity index (χ2v) is 7.86. The molecule has 34 heavy (non-hydrogen) atoms. The number of aliphatic hydroxyl groups excluding tert-OH is 1. The van der Waals surface area contributed by atoms with Crippen molar-refractivity contribution < 1.29 is 24.2 Å². The molecule has 1 saturated heterocycles. The number of ketones is 1. The zero-order valence-electron chi connectivity index (χ0n) is 18.5. The van der Waals surface area contributed by atoms with Crippen LogP contribution in [-0.4, -0.2) is 22.8 Å². The number of aryl methyl sites for hydroxylation is 1. The predicted octanol–water partition coefficient (Wildman–Crippen LogP) is 4.42. The van der Waals surface area contributed by atoms with Gasteiger partial charge in [-0.1, -0.05) is 42.0 Å². The lowest BCUT2D eigenvalue weighted by Crippen LogP contribution is -2.29. The smallest absolute Gasteiger partial charge is 0.308 e. The van der Waals surface area contributed by atoms with Crippen LogP contribution in [0.15, 0.2) is 78.4 Å². The van der Waals surface area contributed by atoms with Gasteiger partial charge in [-0.2, -0.15) is 5.26 Å². The minimum absolute atomic E-state index is 0.0570. The molecular weight excluding hydrogens is 432 g/mol. The summed E-state index contributed by atoms with van der Waals surface area (Å²) in [5.74, 6) is -2.08. The molecular formula is C27H20N2O5. The number of ether oxygens (including phenoxy) is 1. The highest BCUT2D eigenvalue weighted by Crippen LogP contribution is 2.42. The number of hydrogen-bond donors (Lipinski definition) is 1. The van der Waals surface area contributed by atoms with Crippen LogP contribution in [0.5, 0.6) is 5.75 Å². The van der Waals surface area contributed by atoms with E-state index in [2.05, 4.69) is 0 Å².